The summed E-state index contributed by atoms with van der Waals surface area (Å²) < 4.78 is 11.4. The minimum atomic E-state index is -0.379. The Balaban J connectivity index is 0.000000239. The molecule has 30 heavy (non-hydrogen) atoms. The number of primary amides is 1. The number of carbonyl (C=O) groups excluding carboxylic acids is 2. The smallest absolute Gasteiger partial charge is 0.248 e. The van der Waals surface area contributed by atoms with Gasteiger partial charge in [0, 0.05) is 24.0 Å². The number of nitrogens with zero attached hydrogens (tertiary/aromatic N) is 1. The highest BCUT2D eigenvalue weighted by Gasteiger charge is 2.27. The van der Waals surface area contributed by atoms with Crippen LogP contribution >= 0.6 is 0 Å². The van der Waals surface area contributed by atoms with Crippen molar-refractivity contribution in [2.24, 2.45) is 11.7 Å². The molecular formula is C24H24N2O4. The maximum absolute atomic E-state index is 12.2. The van der Waals surface area contributed by atoms with E-state index in [0.717, 1.165) is 12.0 Å². The summed E-state index contributed by atoms with van der Waals surface area (Å²) >= 11 is 0. The first-order valence-electron chi connectivity index (χ1n) is 9.76. The zero-order chi connectivity index (χ0) is 21.3. The fourth-order valence-corrected chi connectivity index (χ4v) is 2.95. The number of carbonyl (C=O) groups is 2. The fraction of sp³-hybridized carbons (Fsp3) is 0.208. The Morgan fingerprint density at radius 1 is 1.13 bits per heavy atom. The highest BCUT2D eigenvalue weighted by atomic mass is 16.5. The number of aromatic nitrogens is 1. The number of fused-ring (bicyclic) bond motifs is 1. The Morgan fingerprint density at radius 3 is 2.50 bits per heavy atom. The van der Waals surface area contributed by atoms with E-state index in [-0.39, 0.29) is 17.6 Å². The van der Waals surface area contributed by atoms with E-state index < -0.39 is 0 Å². The SMILES string of the molecule is CCC1COc2cc(OCc3ccncc3)ccc2C1=O.NC(=O)c1ccccc1. The van der Waals surface area contributed by atoms with Crippen LogP contribution in [0.4, 0.5) is 0 Å². The van der Waals surface area contributed by atoms with Gasteiger partial charge in [0.15, 0.2) is 5.78 Å². The van der Waals surface area contributed by atoms with Crippen LogP contribution in [-0.4, -0.2) is 23.3 Å². The van der Waals surface area contributed by atoms with Crippen molar-refractivity contribution < 1.29 is 19.1 Å². The van der Waals surface area contributed by atoms with Crippen LogP contribution in [0.2, 0.25) is 0 Å². The first-order valence-corrected chi connectivity index (χ1v) is 9.76. The molecule has 0 bridgehead atoms. The van der Waals surface area contributed by atoms with Gasteiger partial charge in [-0.15, -0.1) is 0 Å². The fourth-order valence-electron chi connectivity index (χ4n) is 2.95. The van der Waals surface area contributed by atoms with Gasteiger partial charge in [0.2, 0.25) is 5.91 Å². The summed E-state index contributed by atoms with van der Waals surface area (Å²) in [6.45, 7) is 2.92. The number of benzene rings is 2. The van der Waals surface area contributed by atoms with E-state index in [1.807, 2.05) is 31.2 Å². The van der Waals surface area contributed by atoms with Gasteiger partial charge < -0.3 is 15.2 Å². The maximum atomic E-state index is 12.2. The molecule has 154 valence electrons. The summed E-state index contributed by atoms with van der Waals surface area (Å²) in [5, 5.41) is 0. The highest BCUT2D eigenvalue weighted by molar-refractivity contribution is 6.01. The molecule has 0 spiro atoms. The number of pyridine rings is 1. The second-order valence-corrected chi connectivity index (χ2v) is 6.81. The Kier molecular flexibility index (Phi) is 7.16. The predicted octanol–water partition coefficient (Wildman–Crippen LogP) is 4.05. The zero-order valence-corrected chi connectivity index (χ0v) is 16.8. The largest absolute Gasteiger partial charge is 0.492 e. The average Bonchev–Trinajstić information content (AvgIpc) is 2.79. The molecule has 0 fully saturated rings. The molecule has 1 aliphatic rings. The van der Waals surface area contributed by atoms with Crippen LogP contribution in [0.5, 0.6) is 11.5 Å². The molecule has 2 heterocycles. The summed E-state index contributed by atoms with van der Waals surface area (Å²) in [6.07, 6.45) is 4.27. The predicted molar refractivity (Wildman–Crippen MR) is 114 cm³/mol. The topological polar surface area (TPSA) is 91.5 Å². The standard InChI is InChI=1S/C17H17NO3.C7H7NO/c1-2-13-11-21-16-9-14(3-4-15(16)17(13)19)20-10-12-5-7-18-8-6-12;8-7(9)6-4-2-1-3-5-6/h3-9,13H,2,10-11H2,1H3;1-5H,(H2,8,9). The van der Waals surface area contributed by atoms with Gasteiger partial charge in [-0.2, -0.15) is 0 Å². The Morgan fingerprint density at radius 2 is 1.87 bits per heavy atom. The number of hydrogen-bond acceptors (Lipinski definition) is 5. The lowest BCUT2D eigenvalue weighted by Crippen LogP contribution is -2.27. The van der Waals surface area contributed by atoms with E-state index in [1.54, 1.807) is 48.8 Å². The van der Waals surface area contributed by atoms with E-state index in [4.69, 9.17) is 15.2 Å². The van der Waals surface area contributed by atoms with Crippen molar-refractivity contribution in [2.75, 3.05) is 6.61 Å². The van der Waals surface area contributed by atoms with Gasteiger partial charge in [-0.3, -0.25) is 14.6 Å². The zero-order valence-electron chi connectivity index (χ0n) is 16.8. The van der Waals surface area contributed by atoms with Crippen LogP contribution in [0, 0.1) is 5.92 Å². The van der Waals surface area contributed by atoms with Crippen molar-refractivity contribution >= 4 is 11.7 Å². The first-order chi connectivity index (χ1) is 14.6. The van der Waals surface area contributed by atoms with Crippen molar-refractivity contribution in [1.82, 2.24) is 4.98 Å². The lowest BCUT2D eigenvalue weighted by atomic mass is 9.93. The molecule has 0 aliphatic carbocycles. The minimum Gasteiger partial charge on any atom is -0.492 e. The van der Waals surface area contributed by atoms with Crippen molar-refractivity contribution in [3.05, 3.63) is 89.7 Å². The molecule has 3 aromatic rings. The van der Waals surface area contributed by atoms with Crippen LogP contribution in [0.25, 0.3) is 0 Å². The third-order valence-electron chi connectivity index (χ3n) is 4.74. The summed E-state index contributed by atoms with van der Waals surface area (Å²) in [5.41, 5.74) is 7.23. The van der Waals surface area contributed by atoms with Crippen LogP contribution in [0.15, 0.2) is 73.1 Å². The Labute approximate surface area is 175 Å². The number of ketones is 1. The summed E-state index contributed by atoms with van der Waals surface area (Å²) in [6, 6.07) is 18.0. The first kappa shape index (κ1) is 21.0. The van der Waals surface area contributed by atoms with E-state index >= 15 is 0 Å². The molecule has 0 radical (unpaired) electrons. The van der Waals surface area contributed by atoms with Crippen LogP contribution in [-0.2, 0) is 6.61 Å². The quantitative estimate of drug-likeness (QED) is 0.693. The van der Waals surface area contributed by atoms with Crippen molar-refractivity contribution in [1.29, 1.82) is 0 Å². The van der Waals surface area contributed by atoms with Crippen molar-refractivity contribution in [2.45, 2.75) is 20.0 Å². The summed E-state index contributed by atoms with van der Waals surface area (Å²) in [5.74, 6) is 1.08. The van der Waals surface area contributed by atoms with Crippen LogP contribution in [0.3, 0.4) is 0 Å². The molecule has 4 rings (SSSR count). The van der Waals surface area contributed by atoms with Crippen LogP contribution in [0.1, 0.15) is 39.6 Å². The molecule has 0 saturated heterocycles. The molecule has 6 heteroatoms. The number of hydrogen-bond donors (Lipinski definition) is 1. The number of Topliss-reactive ketones (excluding diaryl/α,β-unsaturated/α-hetero) is 1. The number of nitrogens with two attached hydrogens (primary N) is 1. The van der Waals surface area contributed by atoms with Crippen molar-refractivity contribution in [3.8, 4) is 11.5 Å². The van der Waals surface area contributed by atoms with Crippen molar-refractivity contribution in [3.63, 3.8) is 0 Å². The van der Waals surface area contributed by atoms with Gasteiger partial charge in [0.25, 0.3) is 0 Å². The van der Waals surface area contributed by atoms with Gasteiger partial charge >= 0.3 is 0 Å². The molecular weight excluding hydrogens is 380 g/mol. The van der Waals surface area contributed by atoms with Gasteiger partial charge in [0.1, 0.15) is 18.1 Å². The van der Waals surface area contributed by atoms with E-state index in [0.29, 0.717) is 35.8 Å². The molecule has 1 atom stereocenters. The van der Waals surface area contributed by atoms with E-state index in [1.165, 1.54) is 0 Å². The molecule has 1 amide bonds. The summed E-state index contributed by atoms with van der Waals surface area (Å²) in [7, 11) is 0. The number of amides is 1. The Bertz CT molecular complexity index is 991. The van der Waals surface area contributed by atoms with E-state index in [9.17, 15) is 9.59 Å². The van der Waals surface area contributed by atoms with E-state index in [2.05, 4.69) is 4.98 Å². The molecule has 2 N–H and O–H groups in total. The molecule has 0 saturated carbocycles. The lowest BCUT2D eigenvalue weighted by Gasteiger charge is -2.23. The van der Waals surface area contributed by atoms with Gasteiger partial charge in [-0.1, -0.05) is 25.1 Å². The second kappa shape index (κ2) is 10.2. The number of ether oxygens (including phenoxy) is 2. The minimum absolute atomic E-state index is 0.0268. The molecule has 1 aliphatic heterocycles. The van der Waals surface area contributed by atoms with Gasteiger partial charge in [0.05, 0.1) is 18.1 Å². The summed E-state index contributed by atoms with van der Waals surface area (Å²) in [4.78, 5) is 26.6. The molecule has 1 aromatic heterocycles. The monoisotopic (exact) mass is 404 g/mol. The number of rotatable bonds is 5. The van der Waals surface area contributed by atoms with Gasteiger partial charge in [-0.25, -0.2) is 0 Å². The highest BCUT2D eigenvalue weighted by Crippen LogP contribution is 2.32. The second-order valence-electron chi connectivity index (χ2n) is 6.81. The van der Waals surface area contributed by atoms with Crippen LogP contribution < -0.4 is 15.2 Å². The third-order valence-corrected chi connectivity index (χ3v) is 4.74. The normalized spacial score (nSPS) is 14.6. The third kappa shape index (κ3) is 5.44. The maximum Gasteiger partial charge on any atom is 0.248 e. The lowest BCUT2D eigenvalue weighted by molar-refractivity contribution is 0.0825. The molecule has 2 aromatic carbocycles. The molecule has 1 unspecified atom stereocenters. The van der Waals surface area contributed by atoms with Gasteiger partial charge in [-0.05, 0) is 48.4 Å². The Hall–Kier alpha value is -3.67. The molecule has 6 nitrogen and oxygen atoms in total. The average molecular weight is 404 g/mol.